The molecule has 0 aliphatic heterocycles. The zero-order valence-electron chi connectivity index (χ0n) is 21.3. The lowest BCUT2D eigenvalue weighted by atomic mass is 9.95. The van der Waals surface area contributed by atoms with E-state index in [0.717, 1.165) is 17.0 Å². The van der Waals surface area contributed by atoms with E-state index in [0.29, 0.717) is 11.1 Å². The highest BCUT2D eigenvalue weighted by Crippen LogP contribution is 2.40. The Morgan fingerprint density at radius 3 is 2.20 bits per heavy atom. The smallest absolute Gasteiger partial charge is 0.491 e. The quantitative estimate of drug-likeness (QED) is 0.0755. The van der Waals surface area contributed by atoms with Crippen LogP contribution in [0.3, 0.4) is 0 Å². The lowest BCUT2D eigenvalue weighted by molar-refractivity contribution is -0.189. The minimum absolute atomic E-state index is 0.0166. The second-order valence-electron chi connectivity index (χ2n) is 8.89. The largest absolute Gasteiger partial charge is 0.502 e. The van der Waals surface area contributed by atoms with E-state index in [4.69, 9.17) is 4.74 Å². The second kappa shape index (κ2) is 11.7. The Bertz CT molecular complexity index is 1670. The molecule has 2 unspecified atom stereocenters. The molecule has 0 aromatic heterocycles. The topological polar surface area (TPSA) is 105 Å². The third kappa shape index (κ3) is 6.25. The van der Waals surface area contributed by atoms with Crippen LogP contribution in [0, 0.1) is 11.6 Å². The molecule has 2 atom stereocenters. The monoisotopic (exact) mass is 592 g/mol. The van der Waals surface area contributed by atoms with Gasteiger partial charge in [0.05, 0.1) is 11.7 Å². The molecule has 0 radical (unpaired) electrons. The molecule has 13 heteroatoms. The molecular formula is C28H21F5N2O5S. The number of carbonyl (C=O) groups excluding carboxylic acids is 1. The molecule has 214 valence electrons. The molecule has 3 N–H and O–H groups in total. The van der Waals surface area contributed by atoms with Gasteiger partial charge in [-0.05, 0) is 54.6 Å². The number of para-hydroxylation sites is 1. The molecule has 0 bridgehead atoms. The number of thioether (sulfide) groups is 1. The van der Waals surface area contributed by atoms with Gasteiger partial charge in [-0.15, -0.1) is 11.8 Å². The zero-order chi connectivity index (χ0) is 30.1. The number of benzene rings is 3. The molecular weight excluding hydrogens is 571 g/mol. The van der Waals surface area contributed by atoms with E-state index in [1.165, 1.54) is 36.0 Å². The first kappa shape index (κ1) is 29.7. The first-order valence-electron chi connectivity index (χ1n) is 11.9. The van der Waals surface area contributed by atoms with E-state index < -0.39 is 63.9 Å². The standard InChI is InChI=1S/C28H21F5N2O5S/c1-13(15-8-11-18(29)19(30)12-15)34-21(14-6-9-16(41-2)10-7-14)17-4-3-5-20(26(17)40-27(39)28(31,32)33)35-22-23(36)25(38)24(22)37/h3-13,21,34-36H,1-2H3. The molecule has 4 aromatic rings. The number of halogens is 5. The van der Waals surface area contributed by atoms with Crippen LogP contribution in [0.1, 0.15) is 35.7 Å². The second-order valence-corrected chi connectivity index (χ2v) is 9.77. The van der Waals surface area contributed by atoms with Gasteiger partial charge in [0.15, 0.2) is 23.1 Å². The van der Waals surface area contributed by atoms with E-state index >= 15 is 0 Å². The Hall–Kier alpha value is -4.23. The van der Waals surface area contributed by atoms with Crippen molar-refractivity contribution in [2.75, 3.05) is 11.6 Å². The third-order valence-electron chi connectivity index (χ3n) is 6.24. The molecule has 41 heavy (non-hydrogen) atoms. The Labute approximate surface area is 233 Å². The third-order valence-corrected chi connectivity index (χ3v) is 6.98. The summed E-state index contributed by atoms with van der Waals surface area (Å²) in [5, 5.41) is 15.3. The minimum atomic E-state index is -5.39. The van der Waals surface area contributed by atoms with Crippen LogP contribution in [0.25, 0.3) is 0 Å². The predicted molar refractivity (Wildman–Crippen MR) is 142 cm³/mol. The van der Waals surface area contributed by atoms with Gasteiger partial charge in [-0.3, -0.25) is 14.9 Å². The normalized spacial score (nSPS) is 13.1. The molecule has 0 heterocycles. The van der Waals surface area contributed by atoms with E-state index in [1.54, 1.807) is 31.2 Å². The molecule has 0 fully saturated rings. The molecule has 0 spiro atoms. The first-order valence-corrected chi connectivity index (χ1v) is 13.1. The molecule has 0 aliphatic rings. The summed E-state index contributed by atoms with van der Waals surface area (Å²) in [6.07, 6.45) is -3.55. The molecule has 0 amide bonds. The molecule has 4 aromatic carbocycles. The van der Waals surface area contributed by atoms with Crippen molar-refractivity contribution in [3.63, 3.8) is 0 Å². The number of hydrogen-bond acceptors (Lipinski definition) is 8. The van der Waals surface area contributed by atoms with Crippen LogP contribution in [0.2, 0.25) is 0 Å². The maximum atomic E-state index is 14.0. The van der Waals surface area contributed by atoms with Crippen LogP contribution >= 0.6 is 11.8 Å². The fourth-order valence-electron chi connectivity index (χ4n) is 4.07. The van der Waals surface area contributed by atoms with Gasteiger partial charge in [0.1, 0.15) is 5.69 Å². The van der Waals surface area contributed by atoms with E-state index in [9.17, 15) is 41.4 Å². The SMILES string of the molecule is CSc1ccc(C(NC(C)c2ccc(F)c(F)c2)c2cccc(Nc3c(O)c(=O)c3=O)c2OC(=O)C(F)(F)F)cc1. The Balaban J connectivity index is 1.86. The van der Waals surface area contributed by atoms with Crippen molar-refractivity contribution < 1.29 is 36.6 Å². The fraction of sp³-hybridized carbons (Fsp3) is 0.179. The van der Waals surface area contributed by atoms with E-state index in [-0.39, 0.29) is 11.3 Å². The van der Waals surface area contributed by atoms with Gasteiger partial charge >= 0.3 is 12.1 Å². The average molecular weight is 593 g/mol. The zero-order valence-corrected chi connectivity index (χ0v) is 22.1. The first-order chi connectivity index (χ1) is 19.3. The summed E-state index contributed by atoms with van der Waals surface area (Å²) in [7, 11) is 0. The molecule has 0 saturated heterocycles. The predicted octanol–water partition coefficient (Wildman–Crippen LogP) is 5.64. The summed E-state index contributed by atoms with van der Waals surface area (Å²) in [6, 6.07) is 12.3. The molecule has 0 aliphatic carbocycles. The highest BCUT2D eigenvalue weighted by molar-refractivity contribution is 7.98. The maximum Gasteiger partial charge on any atom is 0.491 e. The molecule has 7 nitrogen and oxygen atoms in total. The van der Waals surface area contributed by atoms with Crippen molar-refractivity contribution in [1.29, 1.82) is 0 Å². The van der Waals surface area contributed by atoms with Crippen LogP contribution in [-0.2, 0) is 4.79 Å². The lowest BCUT2D eigenvalue weighted by Gasteiger charge is -2.27. The van der Waals surface area contributed by atoms with Gasteiger partial charge in [-0.25, -0.2) is 13.6 Å². The summed E-state index contributed by atoms with van der Waals surface area (Å²) in [5.74, 6) is -6.30. The maximum absolute atomic E-state index is 14.0. The fourth-order valence-corrected chi connectivity index (χ4v) is 4.47. The molecule has 0 saturated carbocycles. The minimum Gasteiger partial charge on any atom is -0.502 e. The summed E-state index contributed by atoms with van der Waals surface area (Å²) in [4.78, 5) is 36.3. The van der Waals surface area contributed by atoms with Crippen LogP contribution in [-0.4, -0.2) is 23.5 Å². The number of hydrogen-bond donors (Lipinski definition) is 3. The van der Waals surface area contributed by atoms with Gasteiger partial charge in [-0.2, -0.15) is 13.2 Å². The number of nitrogens with one attached hydrogen (secondary N) is 2. The number of esters is 1. The number of ether oxygens (including phenoxy) is 1. The van der Waals surface area contributed by atoms with Crippen LogP contribution in [0.4, 0.5) is 33.3 Å². The number of carbonyl (C=O) groups is 1. The van der Waals surface area contributed by atoms with Crippen LogP contribution < -0.4 is 26.2 Å². The number of rotatable bonds is 9. The lowest BCUT2D eigenvalue weighted by Crippen LogP contribution is -2.33. The highest BCUT2D eigenvalue weighted by atomic mass is 32.2. The van der Waals surface area contributed by atoms with Gasteiger partial charge < -0.3 is 15.2 Å². The summed E-state index contributed by atoms with van der Waals surface area (Å²) in [5.41, 5.74) is -2.42. The Morgan fingerprint density at radius 1 is 0.951 bits per heavy atom. The highest BCUT2D eigenvalue weighted by Gasteiger charge is 2.42. The molecule has 4 rings (SSSR count). The Kier molecular flexibility index (Phi) is 8.50. The van der Waals surface area contributed by atoms with Crippen LogP contribution in [0.5, 0.6) is 11.5 Å². The van der Waals surface area contributed by atoms with Crippen molar-refractivity contribution in [1.82, 2.24) is 5.32 Å². The van der Waals surface area contributed by atoms with Gasteiger partial charge in [0.2, 0.25) is 0 Å². The van der Waals surface area contributed by atoms with Crippen molar-refractivity contribution in [3.05, 3.63) is 109 Å². The van der Waals surface area contributed by atoms with E-state index in [1.807, 2.05) is 6.26 Å². The van der Waals surface area contributed by atoms with Crippen LogP contribution in [0.15, 0.2) is 75.1 Å². The number of aromatic hydroxyl groups is 1. The van der Waals surface area contributed by atoms with Gasteiger partial charge in [0.25, 0.3) is 10.9 Å². The Morgan fingerprint density at radius 2 is 1.61 bits per heavy atom. The van der Waals surface area contributed by atoms with E-state index in [2.05, 4.69) is 10.6 Å². The number of alkyl halides is 3. The van der Waals surface area contributed by atoms with Crippen molar-refractivity contribution in [3.8, 4) is 11.5 Å². The summed E-state index contributed by atoms with van der Waals surface area (Å²) in [6.45, 7) is 1.61. The van der Waals surface area contributed by atoms with Crippen molar-refractivity contribution in [2.24, 2.45) is 0 Å². The summed E-state index contributed by atoms with van der Waals surface area (Å²) >= 11 is 1.44. The van der Waals surface area contributed by atoms with Gasteiger partial charge in [0, 0.05) is 16.5 Å². The number of anilines is 2. The summed E-state index contributed by atoms with van der Waals surface area (Å²) < 4.78 is 72.2. The van der Waals surface area contributed by atoms with Crippen molar-refractivity contribution >= 4 is 29.1 Å². The van der Waals surface area contributed by atoms with Crippen molar-refractivity contribution in [2.45, 2.75) is 30.1 Å². The van der Waals surface area contributed by atoms with Gasteiger partial charge in [-0.1, -0.05) is 30.3 Å². The average Bonchev–Trinajstić information content (AvgIpc) is 2.95.